The van der Waals surface area contributed by atoms with Gasteiger partial charge in [-0.15, -0.1) is 11.3 Å². The highest BCUT2D eigenvalue weighted by molar-refractivity contribution is 7.13. The van der Waals surface area contributed by atoms with Crippen LogP contribution in [0.25, 0.3) is 0 Å². The van der Waals surface area contributed by atoms with Gasteiger partial charge in [-0.2, -0.15) is 0 Å². The lowest BCUT2D eigenvalue weighted by molar-refractivity contribution is -0.115. The largest absolute Gasteiger partial charge is 0.367 e. The van der Waals surface area contributed by atoms with E-state index in [9.17, 15) is 9.59 Å². The van der Waals surface area contributed by atoms with Crippen molar-refractivity contribution in [1.82, 2.24) is 10.2 Å². The smallest absolute Gasteiger partial charge is 0.261 e. The number of nitrogens with zero attached hydrogens (tertiary/aromatic N) is 2. The van der Waals surface area contributed by atoms with E-state index in [1.807, 2.05) is 37.3 Å². The number of hydrogen-bond donors (Lipinski definition) is 2. The van der Waals surface area contributed by atoms with Gasteiger partial charge in [-0.1, -0.05) is 12.1 Å². The number of carbonyl (C=O) groups is 2. The number of anilines is 2. The van der Waals surface area contributed by atoms with Crippen molar-refractivity contribution in [2.24, 2.45) is 0 Å². The maximum absolute atomic E-state index is 12.3. The summed E-state index contributed by atoms with van der Waals surface area (Å²) in [6.45, 7) is 5.75. The highest BCUT2D eigenvalue weighted by Gasteiger charge is 2.18. The molecule has 1 aliphatic rings. The molecule has 0 spiro atoms. The van der Waals surface area contributed by atoms with Crippen molar-refractivity contribution in [1.29, 1.82) is 0 Å². The van der Waals surface area contributed by atoms with E-state index in [0.29, 0.717) is 4.88 Å². The molecule has 1 aromatic carbocycles. The van der Waals surface area contributed by atoms with Gasteiger partial charge in [0.2, 0.25) is 5.91 Å². The zero-order valence-electron chi connectivity index (χ0n) is 15.1. The SMILES string of the molecule is Cc1ccc(C(=O)NCC(=O)Nc2ccccc2N2CCN(C)CC2)s1. The summed E-state index contributed by atoms with van der Waals surface area (Å²) in [7, 11) is 2.11. The molecule has 2 heterocycles. The molecule has 138 valence electrons. The van der Waals surface area contributed by atoms with Crippen LogP contribution in [0.3, 0.4) is 0 Å². The van der Waals surface area contributed by atoms with Gasteiger partial charge in [0.05, 0.1) is 22.8 Å². The third kappa shape index (κ3) is 4.62. The second-order valence-corrected chi connectivity index (χ2v) is 7.74. The number of rotatable bonds is 5. The van der Waals surface area contributed by atoms with E-state index in [1.165, 1.54) is 11.3 Å². The summed E-state index contributed by atoms with van der Waals surface area (Å²) in [5.74, 6) is -0.446. The van der Waals surface area contributed by atoms with Crippen LogP contribution in [0, 0.1) is 6.92 Å². The molecule has 26 heavy (non-hydrogen) atoms. The number of hydrogen-bond acceptors (Lipinski definition) is 5. The van der Waals surface area contributed by atoms with Crippen molar-refractivity contribution in [2.75, 3.05) is 50.0 Å². The van der Waals surface area contributed by atoms with Crippen LogP contribution < -0.4 is 15.5 Å². The Morgan fingerprint density at radius 2 is 1.81 bits per heavy atom. The van der Waals surface area contributed by atoms with Crippen molar-refractivity contribution in [3.05, 3.63) is 46.2 Å². The van der Waals surface area contributed by atoms with E-state index in [1.54, 1.807) is 6.07 Å². The van der Waals surface area contributed by atoms with Gasteiger partial charge < -0.3 is 20.4 Å². The van der Waals surface area contributed by atoms with E-state index >= 15 is 0 Å². The summed E-state index contributed by atoms with van der Waals surface area (Å²) in [6, 6.07) is 11.5. The minimum Gasteiger partial charge on any atom is -0.367 e. The van der Waals surface area contributed by atoms with Crippen LogP contribution in [0.1, 0.15) is 14.5 Å². The standard InChI is InChI=1S/C19H24N4O2S/c1-14-7-8-17(26-14)19(25)20-13-18(24)21-15-5-3-4-6-16(15)23-11-9-22(2)10-12-23/h3-8H,9-13H2,1-2H3,(H,20,25)(H,21,24). The molecule has 2 aromatic rings. The number of thiophene rings is 1. The molecule has 0 unspecified atom stereocenters. The predicted molar refractivity (Wildman–Crippen MR) is 106 cm³/mol. The van der Waals surface area contributed by atoms with Crippen LogP contribution in [0.5, 0.6) is 0 Å². The average Bonchev–Trinajstić information content (AvgIpc) is 3.07. The molecular formula is C19H24N4O2S. The number of amides is 2. The fourth-order valence-electron chi connectivity index (χ4n) is 2.90. The average molecular weight is 372 g/mol. The molecule has 1 aromatic heterocycles. The van der Waals surface area contributed by atoms with Crippen LogP contribution in [0.2, 0.25) is 0 Å². The number of para-hydroxylation sites is 2. The van der Waals surface area contributed by atoms with Gasteiger partial charge >= 0.3 is 0 Å². The summed E-state index contributed by atoms with van der Waals surface area (Å²) in [6.07, 6.45) is 0. The van der Waals surface area contributed by atoms with Crippen molar-refractivity contribution in [3.8, 4) is 0 Å². The van der Waals surface area contributed by atoms with E-state index in [2.05, 4.69) is 27.5 Å². The third-order valence-electron chi connectivity index (χ3n) is 4.40. The lowest BCUT2D eigenvalue weighted by Gasteiger charge is -2.35. The van der Waals surface area contributed by atoms with Crippen molar-refractivity contribution in [2.45, 2.75) is 6.92 Å². The maximum Gasteiger partial charge on any atom is 0.261 e. The van der Waals surface area contributed by atoms with E-state index < -0.39 is 0 Å². The molecule has 2 amide bonds. The number of carbonyl (C=O) groups excluding carboxylic acids is 2. The Kier molecular flexibility index (Phi) is 5.90. The molecule has 0 atom stereocenters. The Hall–Kier alpha value is -2.38. The molecule has 7 heteroatoms. The monoisotopic (exact) mass is 372 g/mol. The fraction of sp³-hybridized carbons (Fsp3) is 0.368. The van der Waals surface area contributed by atoms with Crippen molar-refractivity contribution in [3.63, 3.8) is 0 Å². The lowest BCUT2D eigenvalue weighted by Crippen LogP contribution is -2.44. The van der Waals surface area contributed by atoms with Crippen LogP contribution in [-0.2, 0) is 4.79 Å². The lowest BCUT2D eigenvalue weighted by atomic mass is 10.2. The highest BCUT2D eigenvalue weighted by Crippen LogP contribution is 2.26. The molecule has 1 aliphatic heterocycles. The van der Waals surface area contributed by atoms with Gasteiger partial charge in [-0.05, 0) is 38.2 Å². The molecular weight excluding hydrogens is 348 g/mol. The molecule has 2 N–H and O–H groups in total. The van der Waals surface area contributed by atoms with Crippen LogP contribution in [0.4, 0.5) is 11.4 Å². The first kappa shape index (κ1) is 18.4. The molecule has 1 saturated heterocycles. The first-order valence-electron chi connectivity index (χ1n) is 8.70. The zero-order valence-corrected chi connectivity index (χ0v) is 15.9. The van der Waals surface area contributed by atoms with Gasteiger partial charge in [0.1, 0.15) is 0 Å². The minimum absolute atomic E-state index is 0.0488. The summed E-state index contributed by atoms with van der Waals surface area (Å²) < 4.78 is 0. The first-order chi connectivity index (χ1) is 12.5. The number of piperazine rings is 1. The summed E-state index contributed by atoms with van der Waals surface area (Å²) in [5, 5.41) is 5.60. The molecule has 0 saturated carbocycles. The molecule has 0 radical (unpaired) electrons. The second-order valence-electron chi connectivity index (χ2n) is 6.45. The van der Waals surface area contributed by atoms with Gasteiger partial charge in [-0.25, -0.2) is 0 Å². The summed E-state index contributed by atoms with van der Waals surface area (Å²) in [5.41, 5.74) is 1.80. The topological polar surface area (TPSA) is 64.7 Å². The Bertz CT molecular complexity index is 781. The van der Waals surface area contributed by atoms with Crippen LogP contribution in [-0.4, -0.2) is 56.5 Å². The fourth-order valence-corrected chi connectivity index (χ4v) is 3.68. The molecule has 1 fully saturated rings. The van der Waals surface area contributed by atoms with Gasteiger partial charge in [-0.3, -0.25) is 9.59 Å². The highest BCUT2D eigenvalue weighted by atomic mass is 32.1. The second kappa shape index (κ2) is 8.33. The third-order valence-corrected chi connectivity index (χ3v) is 5.40. The number of nitrogens with one attached hydrogen (secondary N) is 2. The number of benzene rings is 1. The predicted octanol–water partition coefficient (Wildman–Crippen LogP) is 2.18. The molecule has 6 nitrogen and oxygen atoms in total. The normalized spacial score (nSPS) is 14.9. The molecule has 3 rings (SSSR count). The summed E-state index contributed by atoms with van der Waals surface area (Å²) >= 11 is 1.42. The molecule has 0 aliphatic carbocycles. The zero-order chi connectivity index (χ0) is 18.5. The van der Waals surface area contributed by atoms with Crippen LogP contribution >= 0.6 is 11.3 Å². The number of likely N-dealkylation sites (N-methyl/N-ethyl adjacent to an activating group) is 1. The number of aryl methyl sites for hydroxylation is 1. The van der Waals surface area contributed by atoms with Crippen molar-refractivity contribution >= 4 is 34.5 Å². The summed E-state index contributed by atoms with van der Waals surface area (Å²) in [4.78, 5) is 30.6. The van der Waals surface area contributed by atoms with E-state index in [0.717, 1.165) is 42.4 Å². The van der Waals surface area contributed by atoms with Crippen LogP contribution in [0.15, 0.2) is 36.4 Å². The molecule has 0 bridgehead atoms. The first-order valence-corrected chi connectivity index (χ1v) is 9.51. The van der Waals surface area contributed by atoms with Crippen molar-refractivity contribution < 1.29 is 9.59 Å². The van der Waals surface area contributed by atoms with Gasteiger partial charge in [0, 0.05) is 31.1 Å². The maximum atomic E-state index is 12.3. The Morgan fingerprint density at radius 1 is 1.08 bits per heavy atom. The van der Waals surface area contributed by atoms with Gasteiger partial charge in [0.15, 0.2) is 0 Å². The Morgan fingerprint density at radius 3 is 2.50 bits per heavy atom. The minimum atomic E-state index is -0.229. The van der Waals surface area contributed by atoms with E-state index in [4.69, 9.17) is 0 Å². The van der Waals surface area contributed by atoms with Gasteiger partial charge in [0.25, 0.3) is 5.91 Å². The Balaban J connectivity index is 1.58. The Labute approximate surface area is 157 Å². The quantitative estimate of drug-likeness (QED) is 0.844. The van der Waals surface area contributed by atoms with E-state index in [-0.39, 0.29) is 18.4 Å².